The van der Waals surface area contributed by atoms with Crippen molar-refractivity contribution in [3.8, 4) is 0 Å². The second-order valence-corrected chi connectivity index (χ2v) is 4.05. The molecule has 0 aromatic heterocycles. The third-order valence-electron chi connectivity index (χ3n) is 2.51. The normalized spacial score (nSPS) is 12.0. The number of carbonyl (C=O) groups excluding carboxylic acids is 1. The molecule has 0 aliphatic heterocycles. The lowest BCUT2D eigenvalue weighted by atomic mass is 10.1. The molecule has 1 aromatic rings. The van der Waals surface area contributed by atoms with Crippen molar-refractivity contribution in [3.05, 3.63) is 39.4 Å². The van der Waals surface area contributed by atoms with E-state index in [0.29, 0.717) is 18.6 Å². The third kappa shape index (κ3) is 3.37. The zero-order chi connectivity index (χ0) is 14.6. The minimum absolute atomic E-state index is 0.0698. The number of nitrogens with zero attached hydrogens (tertiary/aromatic N) is 1. The van der Waals surface area contributed by atoms with E-state index in [9.17, 15) is 23.7 Å². The first-order chi connectivity index (χ1) is 8.92. The second-order valence-electron chi connectivity index (χ2n) is 3.75. The number of nitrogens with one attached hydrogen (secondary N) is 1. The average Bonchev–Trinajstić information content (AvgIpc) is 2.35. The monoisotopic (exact) mass is 292 g/mol. The molecule has 0 aliphatic rings. The summed E-state index contributed by atoms with van der Waals surface area (Å²) in [6.45, 7) is 1.73. The topological polar surface area (TPSA) is 72.2 Å². The quantitative estimate of drug-likeness (QED) is 0.515. The highest BCUT2D eigenvalue weighted by molar-refractivity contribution is 6.18. The van der Waals surface area contributed by atoms with Crippen LogP contribution in [-0.4, -0.2) is 22.8 Å². The predicted molar refractivity (Wildman–Crippen MR) is 65.3 cm³/mol. The van der Waals surface area contributed by atoms with Crippen LogP contribution in [0.2, 0.25) is 0 Å². The van der Waals surface area contributed by atoms with Crippen LogP contribution in [0.1, 0.15) is 23.7 Å². The van der Waals surface area contributed by atoms with Gasteiger partial charge in [-0.15, -0.1) is 11.6 Å². The lowest BCUT2D eigenvalue weighted by Crippen LogP contribution is -2.36. The maximum absolute atomic E-state index is 13.7. The van der Waals surface area contributed by atoms with Crippen molar-refractivity contribution in [2.45, 2.75) is 19.4 Å². The largest absolute Gasteiger partial charge is 0.348 e. The Bertz CT molecular complexity index is 507. The molecular formula is C11H11ClF2N2O3. The molecular weight excluding hydrogens is 282 g/mol. The SMILES string of the molecule is CCC(CCl)NC(=O)c1c(F)ccc([N+](=O)[O-])c1F. The molecule has 19 heavy (non-hydrogen) atoms. The van der Waals surface area contributed by atoms with Crippen LogP contribution in [-0.2, 0) is 0 Å². The Morgan fingerprint density at radius 3 is 2.63 bits per heavy atom. The van der Waals surface area contributed by atoms with Gasteiger partial charge in [0.1, 0.15) is 11.4 Å². The number of nitro groups is 1. The van der Waals surface area contributed by atoms with Crippen molar-refractivity contribution < 1.29 is 18.5 Å². The summed E-state index contributed by atoms with van der Waals surface area (Å²) >= 11 is 5.55. The maximum atomic E-state index is 13.7. The van der Waals surface area contributed by atoms with Crippen molar-refractivity contribution in [1.82, 2.24) is 5.32 Å². The first-order valence-electron chi connectivity index (χ1n) is 5.41. The summed E-state index contributed by atoms with van der Waals surface area (Å²) in [5, 5.41) is 12.8. The highest BCUT2D eigenvalue weighted by Crippen LogP contribution is 2.23. The van der Waals surface area contributed by atoms with E-state index in [4.69, 9.17) is 11.6 Å². The van der Waals surface area contributed by atoms with Crippen LogP contribution in [0.4, 0.5) is 14.5 Å². The zero-order valence-corrected chi connectivity index (χ0v) is 10.7. The molecule has 0 bridgehead atoms. The Balaban J connectivity index is 3.15. The zero-order valence-electron chi connectivity index (χ0n) is 9.95. The van der Waals surface area contributed by atoms with Crippen LogP contribution in [0, 0.1) is 21.7 Å². The molecule has 1 aromatic carbocycles. The van der Waals surface area contributed by atoms with E-state index in [0.717, 1.165) is 0 Å². The summed E-state index contributed by atoms with van der Waals surface area (Å²) < 4.78 is 27.2. The number of benzene rings is 1. The third-order valence-corrected chi connectivity index (χ3v) is 2.88. The van der Waals surface area contributed by atoms with Crippen LogP contribution in [0.15, 0.2) is 12.1 Å². The van der Waals surface area contributed by atoms with Crippen LogP contribution < -0.4 is 5.32 Å². The highest BCUT2D eigenvalue weighted by atomic mass is 35.5. The fourth-order valence-corrected chi connectivity index (χ4v) is 1.69. The number of hydrogen-bond acceptors (Lipinski definition) is 3. The van der Waals surface area contributed by atoms with Gasteiger partial charge < -0.3 is 5.32 Å². The summed E-state index contributed by atoms with van der Waals surface area (Å²) in [5.74, 6) is -3.65. The molecule has 0 fully saturated rings. The van der Waals surface area contributed by atoms with Crippen molar-refractivity contribution in [2.24, 2.45) is 0 Å². The average molecular weight is 293 g/mol. The van der Waals surface area contributed by atoms with Gasteiger partial charge in [-0.1, -0.05) is 6.92 Å². The smallest absolute Gasteiger partial charge is 0.305 e. The molecule has 0 saturated carbocycles. The fourth-order valence-electron chi connectivity index (χ4n) is 1.40. The Hall–Kier alpha value is -1.76. The Morgan fingerprint density at radius 1 is 1.53 bits per heavy atom. The molecule has 0 spiro atoms. The summed E-state index contributed by atoms with van der Waals surface area (Å²) in [7, 11) is 0. The molecule has 1 amide bonds. The van der Waals surface area contributed by atoms with Gasteiger partial charge in [0, 0.05) is 18.0 Å². The van der Waals surface area contributed by atoms with Crippen molar-refractivity contribution in [1.29, 1.82) is 0 Å². The first-order valence-corrected chi connectivity index (χ1v) is 5.95. The van der Waals surface area contributed by atoms with Gasteiger partial charge in [-0.05, 0) is 12.5 Å². The Labute approximate surface area is 112 Å². The molecule has 1 atom stereocenters. The van der Waals surface area contributed by atoms with Crippen LogP contribution in [0.3, 0.4) is 0 Å². The van der Waals surface area contributed by atoms with Gasteiger partial charge in [0.05, 0.1) is 4.92 Å². The number of alkyl halides is 1. The van der Waals surface area contributed by atoms with Gasteiger partial charge in [-0.25, -0.2) is 4.39 Å². The van der Waals surface area contributed by atoms with Crippen LogP contribution in [0.25, 0.3) is 0 Å². The number of carbonyl (C=O) groups is 1. The number of nitro benzene ring substituents is 1. The summed E-state index contributed by atoms with van der Waals surface area (Å²) in [6, 6.07) is 0.880. The number of rotatable bonds is 5. The summed E-state index contributed by atoms with van der Waals surface area (Å²) in [4.78, 5) is 21.2. The minimum atomic E-state index is -1.49. The van der Waals surface area contributed by atoms with E-state index in [-0.39, 0.29) is 5.88 Å². The number of amides is 1. The fraction of sp³-hybridized carbons (Fsp3) is 0.364. The standard InChI is InChI=1S/C11H11ClF2N2O3/c1-2-6(5-12)15-11(17)9-7(13)3-4-8(10(9)14)16(18)19/h3-4,6H,2,5H2,1H3,(H,15,17). The Kier molecular flexibility index (Phi) is 5.17. The molecule has 8 heteroatoms. The number of halogens is 3. The van der Waals surface area contributed by atoms with Gasteiger partial charge in [-0.2, -0.15) is 4.39 Å². The molecule has 1 rings (SSSR count). The van der Waals surface area contributed by atoms with E-state index in [1.165, 1.54) is 0 Å². The van der Waals surface area contributed by atoms with Gasteiger partial charge >= 0.3 is 5.69 Å². The van der Waals surface area contributed by atoms with Crippen molar-refractivity contribution in [3.63, 3.8) is 0 Å². The lowest BCUT2D eigenvalue weighted by Gasteiger charge is -2.14. The predicted octanol–water partition coefficient (Wildman–Crippen LogP) is 2.62. The molecule has 1 N–H and O–H groups in total. The molecule has 0 saturated heterocycles. The minimum Gasteiger partial charge on any atom is -0.348 e. The van der Waals surface area contributed by atoms with Crippen LogP contribution in [0.5, 0.6) is 0 Å². The lowest BCUT2D eigenvalue weighted by molar-refractivity contribution is -0.387. The molecule has 5 nitrogen and oxygen atoms in total. The van der Waals surface area contributed by atoms with Gasteiger partial charge in [0.15, 0.2) is 0 Å². The Morgan fingerprint density at radius 2 is 2.16 bits per heavy atom. The van der Waals surface area contributed by atoms with E-state index < -0.39 is 39.8 Å². The summed E-state index contributed by atoms with van der Waals surface area (Å²) in [5.41, 5.74) is -1.93. The second kappa shape index (κ2) is 6.42. The van der Waals surface area contributed by atoms with E-state index in [1.54, 1.807) is 6.92 Å². The highest BCUT2D eigenvalue weighted by Gasteiger charge is 2.26. The van der Waals surface area contributed by atoms with Crippen molar-refractivity contribution in [2.75, 3.05) is 5.88 Å². The van der Waals surface area contributed by atoms with Gasteiger partial charge in [-0.3, -0.25) is 14.9 Å². The molecule has 104 valence electrons. The molecule has 0 heterocycles. The first kappa shape index (κ1) is 15.3. The molecule has 0 radical (unpaired) electrons. The van der Waals surface area contributed by atoms with Gasteiger partial charge in [0.25, 0.3) is 5.91 Å². The van der Waals surface area contributed by atoms with E-state index >= 15 is 0 Å². The molecule has 1 unspecified atom stereocenters. The van der Waals surface area contributed by atoms with Gasteiger partial charge in [0.2, 0.25) is 5.82 Å². The van der Waals surface area contributed by atoms with Crippen LogP contribution >= 0.6 is 11.6 Å². The molecule has 0 aliphatic carbocycles. The van der Waals surface area contributed by atoms with E-state index in [2.05, 4.69) is 5.32 Å². The maximum Gasteiger partial charge on any atom is 0.305 e. The van der Waals surface area contributed by atoms with E-state index in [1.807, 2.05) is 0 Å². The number of hydrogen-bond donors (Lipinski definition) is 1. The summed E-state index contributed by atoms with van der Waals surface area (Å²) in [6.07, 6.45) is 0.466. The van der Waals surface area contributed by atoms with Crippen molar-refractivity contribution >= 4 is 23.2 Å².